The monoisotopic (exact) mass is 196 g/mol. The van der Waals surface area contributed by atoms with E-state index in [0.29, 0.717) is 4.91 Å². The van der Waals surface area contributed by atoms with Gasteiger partial charge in [-0.1, -0.05) is 6.42 Å². The van der Waals surface area contributed by atoms with E-state index in [2.05, 4.69) is 0 Å². The minimum atomic E-state index is -0.455. The summed E-state index contributed by atoms with van der Waals surface area (Å²) in [5, 5.41) is 10.4. The van der Waals surface area contributed by atoms with Crippen molar-refractivity contribution in [3.05, 3.63) is 10.5 Å². The van der Waals surface area contributed by atoms with E-state index in [9.17, 15) is 4.79 Å². The van der Waals surface area contributed by atoms with Gasteiger partial charge in [0.1, 0.15) is 5.40 Å². The largest absolute Gasteiger partial charge is 0.365 e. The van der Waals surface area contributed by atoms with E-state index in [0.717, 1.165) is 43.0 Å². The van der Waals surface area contributed by atoms with E-state index in [1.807, 2.05) is 5.40 Å². The van der Waals surface area contributed by atoms with Crippen molar-refractivity contribution >= 4 is 17.7 Å². The third-order valence-corrected chi connectivity index (χ3v) is 2.93. The normalized spacial score (nSPS) is 16.4. The van der Waals surface area contributed by atoms with E-state index in [4.69, 9.17) is 11.0 Å². The van der Waals surface area contributed by atoms with Gasteiger partial charge in [0.25, 0.3) is 5.91 Å². The number of carbonyl (C=O) groups is 1. The summed E-state index contributed by atoms with van der Waals surface area (Å²) < 4.78 is 0. The Hall–Kier alpha value is -0.950. The van der Waals surface area contributed by atoms with Crippen LogP contribution in [0, 0.1) is 10.7 Å². The lowest BCUT2D eigenvalue weighted by Gasteiger charge is -2.15. The highest BCUT2D eigenvalue weighted by molar-refractivity contribution is 8.08. The van der Waals surface area contributed by atoms with Gasteiger partial charge in [-0.05, 0) is 43.0 Å². The number of thiocyanates is 1. The van der Waals surface area contributed by atoms with E-state index < -0.39 is 5.91 Å². The number of primary amides is 1. The number of rotatable bonds is 2. The molecule has 0 radical (unpaired) electrons. The van der Waals surface area contributed by atoms with Crippen molar-refractivity contribution in [3.63, 3.8) is 0 Å². The number of nitrogens with two attached hydrogens (primary N) is 1. The van der Waals surface area contributed by atoms with Gasteiger partial charge < -0.3 is 5.73 Å². The minimum Gasteiger partial charge on any atom is -0.365 e. The maximum atomic E-state index is 11.0. The van der Waals surface area contributed by atoms with Crippen LogP contribution in [0.1, 0.15) is 32.1 Å². The number of hydrogen-bond donors (Lipinski definition) is 1. The van der Waals surface area contributed by atoms with Gasteiger partial charge >= 0.3 is 0 Å². The summed E-state index contributed by atoms with van der Waals surface area (Å²) in [6.07, 6.45) is 5.28. The maximum absolute atomic E-state index is 11.0. The van der Waals surface area contributed by atoms with E-state index >= 15 is 0 Å². The summed E-state index contributed by atoms with van der Waals surface area (Å²) >= 11 is 0.902. The Morgan fingerprint density at radius 3 is 2.46 bits per heavy atom. The fourth-order valence-electron chi connectivity index (χ4n) is 1.55. The average molecular weight is 196 g/mol. The first kappa shape index (κ1) is 10.1. The third-order valence-electron chi connectivity index (χ3n) is 2.15. The van der Waals surface area contributed by atoms with E-state index in [1.54, 1.807) is 0 Å². The van der Waals surface area contributed by atoms with Gasteiger partial charge in [-0.2, -0.15) is 5.26 Å². The van der Waals surface area contributed by atoms with Gasteiger partial charge in [-0.3, -0.25) is 4.79 Å². The number of carbonyl (C=O) groups excluding carboxylic acids is 1. The summed E-state index contributed by atoms with van der Waals surface area (Å²) in [7, 11) is 0. The number of nitrogens with zero attached hydrogens (tertiary/aromatic N) is 1. The first-order valence-corrected chi connectivity index (χ1v) is 5.15. The topological polar surface area (TPSA) is 66.9 Å². The summed E-state index contributed by atoms with van der Waals surface area (Å²) in [6.45, 7) is 0. The molecule has 1 amide bonds. The van der Waals surface area contributed by atoms with Crippen molar-refractivity contribution in [1.82, 2.24) is 0 Å². The molecule has 0 atom stereocenters. The van der Waals surface area contributed by atoms with Crippen molar-refractivity contribution in [3.8, 4) is 5.40 Å². The van der Waals surface area contributed by atoms with Gasteiger partial charge in [0.05, 0.1) is 4.91 Å². The van der Waals surface area contributed by atoms with Crippen molar-refractivity contribution in [2.75, 3.05) is 0 Å². The molecule has 0 aliphatic heterocycles. The summed E-state index contributed by atoms with van der Waals surface area (Å²) in [6, 6.07) is 0. The SMILES string of the molecule is N#CSC(C(N)=O)=C1CCCCC1. The lowest BCUT2D eigenvalue weighted by atomic mass is 9.94. The van der Waals surface area contributed by atoms with Crippen molar-refractivity contribution in [1.29, 1.82) is 5.26 Å². The van der Waals surface area contributed by atoms with Crippen molar-refractivity contribution < 1.29 is 4.79 Å². The molecule has 1 rings (SSSR count). The van der Waals surface area contributed by atoms with Crippen molar-refractivity contribution in [2.45, 2.75) is 32.1 Å². The Bertz CT molecular complexity index is 270. The molecule has 1 aliphatic rings. The Kier molecular flexibility index (Phi) is 3.84. The van der Waals surface area contributed by atoms with Crippen LogP contribution >= 0.6 is 11.8 Å². The Balaban J connectivity index is 2.81. The fraction of sp³-hybridized carbons (Fsp3) is 0.556. The predicted molar refractivity (Wildman–Crippen MR) is 52.5 cm³/mol. The molecule has 0 bridgehead atoms. The molecule has 0 heterocycles. The van der Waals surface area contributed by atoms with Gasteiger partial charge in [-0.15, -0.1) is 0 Å². The molecule has 4 heteroatoms. The molecule has 13 heavy (non-hydrogen) atoms. The highest BCUT2D eigenvalue weighted by Gasteiger charge is 2.15. The molecule has 0 aromatic rings. The molecular weight excluding hydrogens is 184 g/mol. The molecule has 1 fully saturated rings. The highest BCUT2D eigenvalue weighted by atomic mass is 32.2. The van der Waals surface area contributed by atoms with Gasteiger partial charge in [0, 0.05) is 0 Å². The molecule has 0 saturated heterocycles. The smallest absolute Gasteiger partial charge is 0.256 e. The van der Waals surface area contributed by atoms with Gasteiger partial charge in [0.15, 0.2) is 0 Å². The van der Waals surface area contributed by atoms with Crippen LogP contribution in [0.5, 0.6) is 0 Å². The first-order chi connectivity index (χ1) is 6.25. The molecule has 0 aromatic heterocycles. The lowest BCUT2D eigenvalue weighted by Crippen LogP contribution is -2.14. The van der Waals surface area contributed by atoms with Gasteiger partial charge in [0.2, 0.25) is 0 Å². The summed E-state index contributed by atoms with van der Waals surface area (Å²) in [5.74, 6) is -0.455. The van der Waals surface area contributed by atoms with Crippen LogP contribution in [0.25, 0.3) is 0 Å². The zero-order valence-corrected chi connectivity index (χ0v) is 8.19. The van der Waals surface area contributed by atoms with Crippen LogP contribution in [0.15, 0.2) is 10.5 Å². The Labute approximate surface area is 82.0 Å². The number of hydrogen-bond acceptors (Lipinski definition) is 3. The minimum absolute atomic E-state index is 0.455. The van der Waals surface area contributed by atoms with Crippen LogP contribution in [0.2, 0.25) is 0 Å². The molecule has 0 spiro atoms. The van der Waals surface area contributed by atoms with E-state index in [-0.39, 0.29) is 0 Å². The Morgan fingerprint density at radius 2 is 2.00 bits per heavy atom. The molecule has 2 N–H and O–H groups in total. The first-order valence-electron chi connectivity index (χ1n) is 4.33. The van der Waals surface area contributed by atoms with Crippen LogP contribution in [0.3, 0.4) is 0 Å². The number of allylic oxidation sites excluding steroid dienone is 1. The number of amides is 1. The summed E-state index contributed by atoms with van der Waals surface area (Å²) in [5.41, 5.74) is 6.26. The van der Waals surface area contributed by atoms with Gasteiger partial charge in [-0.25, -0.2) is 0 Å². The Morgan fingerprint density at radius 1 is 1.38 bits per heavy atom. The lowest BCUT2D eigenvalue weighted by molar-refractivity contribution is -0.113. The molecule has 1 saturated carbocycles. The fourth-order valence-corrected chi connectivity index (χ4v) is 2.09. The maximum Gasteiger partial charge on any atom is 0.256 e. The standard InChI is InChI=1S/C9H12N2OS/c10-6-13-8(9(11)12)7-4-2-1-3-5-7/h1-5H2,(H2,11,12). The number of thioether (sulfide) groups is 1. The molecule has 1 aliphatic carbocycles. The van der Waals surface area contributed by atoms with Crippen LogP contribution in [-0.4, -0.2) is 5.91 Å². The van der Waals surface area contributed by atoms with Crippen LogP contribution < -0.4 is 5.73 Å². The van der Waals surface area contributed by atoms with E-state index in [1.165, 1.54) is 6.42 Å². The second-order valence-corrected chi connectivity index (χ2v) is 3.85. The third kappa shape index (κ3) is 2.78. The van der Waals surface area contributed by atoms with Crippen LogP contribution in [-0.2, 0) is 4.79 Å². The number of nitriles is 1. The molecule has 3 nitrogen and oxygen atoms in total. The zero-order chi connectivity index (χ0) is 9.68. The van der Waals surface area contributed by atoms with Crippen LogP contribution in [0.4, 0.5) is 0 Å². The van der Waals surface area contributed by atoms with Crippen molar-refractivity contribution in [2.24, 2.45) is 5.73 Å². The predicted octanol–water partition coefficient (Wildman–Crippen LogP) is 1.90. The highest BCUT2D eigenvalue weighted by Crippen LogP contribution is 2.30. The quantitative estimate of drug-likeness (QED) is 0.542. The molecule has 0 unspecified atom stereocenters. The molecule has 0 aromatic carbocycles. The molecule has 70 valence electrons. The second-order valence-electron chi connectivity index (χ2n) is 3.05. The molecular formula is C9H12N2OS. The average Bonchev–Trinajstić information content (AvgIpc) is 2.15. The summed E-state index contributed by atoms with van der Waals surface area (Å²) in [4.78, 5) is 11.5. The zero-order valence-electron chi connectivity index (χ0n) is 7.38. The second kappa shape index (κ2) is 4.93.